The second-order valence-corrected chi connectivity index (χ2v) is 6.29. The summed E-state index contributed by atoms with van der Waals surface area (Å²) < 4.78 is 30.1. The van der Waals surface area contributed by atoms with Crippen LogP contribution in [0.1, 0.15) is 12.8 Å². The van der Waals surface area contributed by atoms with Crippen molar-refractivity contribution in [2.75, 3.05) is 38.4 Å². The fraction of sp³-hybridized carbons (Fsp3) is 1.00. The van der Waals surface area contributed by atoms with E-state index in [1.54, 1.807) is 11.4 Å². The molecular weight excluding hydrogens is 238 g/mol. The van der Waals surface area contributed by atoms with Crippen LogP contribution in [0.4, 0.5) is 0 Å². The van der Waals surface area contributed by atoms with Crippen molar-refractivity contribution < 1.29 is 13.2 Å². The molecule has 0 aromatic heterocycles. The lowest BCUT2D eigenvalue weighted by atomic mass is 10.1. The van der Waals surface area contributed by atoms with Crippen LogP contribution in [0.25, 0.3) is 0 Å². The zero-order valence-electron chi connectivity index (χ0n) is 8.99. The fourth-order valence-corrected chi connectivity index (χ4v) is 3.67. The Morgan fingerprint density at radius 1 is 1.53 bits per heavy atom. The predicted molar refractivity (Wildman–Crippen MR) is 60.7 cm³/mol. The topological polar surface area (TPSA) is 46.6 Å². The van der Waals surface area contributed by atoms with Gasteiger partial charge in [0, 0.05) is 26.1 Å². The second-order valence-electron chi connectivity index (χ2n) is 3.83. The lowest BCUT2D eigenvalue weighted by molar-refractivity contribution is 0.157. The number of alkyl halides is 1. The summed E-state index contributed by atoms with van der Waals surface area (Å²) in [6.07, 6.45) is 1.42. The minimum absolute atomic E-state index is 0.163. The summed E-state index contributed by atoms with van der Waals surface area (Å²) in [6, 6.07) is 0. The average Bonchev–Trinajstić information content (AvgIpc) is 2.65. The zero-order chi connectivity index (χ0) is 11.3. The van der Waals surface area contributed by atoms with Crippen LogP contribution in [0.15, 0.2) is 0 Å². The molecule has 0 aliphatic carbocycles. The molecule has 0 N–H and O–H groups in total. The number of sulfonamides is 1. The van der Waals surface area contributed by atoms with E-state index in [1.807, 2.05) is 0 Å². The first-order valence-electron chi connectivity index (χ1n) is 5.13. The monoisotopic (exact) mass is 255 g/mol. The maximum absolute atomic E-state index is 11.8. The van der Waals surface area contributed by atoms with E-state index in [0.717, 1.165) is 6.42 Å². The van der Waals surface area contributed by atoms with Crippen LogP contribution >= 0.6 is 11.6 Å². The van der Waals surface area contributed by atoms with Crippen LogP contribution in [0.2, 0.25) is 0 Å². The predicted octanol–water partition coefficient (Wildman–Crippen LogP) is 0.913. The molecule has 1 aliphatic rings. The third-order valence-electron chi connectivity index (χ3n) is 2.58. The second kappa shape index (κ2) is 6.03. The quantitative estimate of drug-likeness (QED) is 0.663. The minimum atomic E-state index is -3.08. The molecule has 90 valence electrons. The Hall–Kier alpha value is 0.160. The summed E-state index contributed by atoms with van der Waals surface area (Å²) in [7, 11) is -1.44. The summed E-state index contributed by atoms with van der Waals surface area (Å²) in [5.74, 6) is 0.908. The van der Waals surface area contributed by atoms with Crippen molar-refractivity contribution in [2.45, 2.75) is 12.8 Å². The maximum Gasteiger partial charge on any atom is 0.214 e. The van der Waals surface area contributed by atoms with E-state index >= 15 is 0 Å². The van der Waals surface area contributed by atoms with Gasteiger partial charge in [-0.15, -0.1) is 11.6 Å². The van der Waals surface area contributed by atoms with E-state index in [0.29, 0.717) is 37.9 Å². The van der Waals surface area contributed by atoms with Gasteiger partial charge in [-0.2, -0.15) is 0 Å². The lowest BCUT2D eigenvalue weighted by Gasteiger charge is -2.15. The smallest absolute Gasteiger partial charge is 0.214 e. The Morgan fingerprint density at radius 3 is 2.87 bits per heavy atom. The number of rotatable bonds is 6. The number of hydrogen-bond acceptors (Lipinski definition) is 3. The molecule has 0 spiro atoms. The Bertz CT molecular complexity index is 281. The lowest BCUT2D eigenvalue weighted by Crippen LogP contribution is -2.31. The van der Waals surface area contributed by atoms with Crippen molar-refractivity contribution in [3.8, 4) is 0 Å². The molecule has 1 fully saturated rings. The van der Waals surface area contributed by atoms with Crippen molar-refractivity contribution in [3.05, 3.63) is 0 Å². The molecule has 1 unspecified atom stereocenters. The van der Waals surface area contributed by atoms with Crippen LogP contribution in [0.3, 0.4) is 0 Å². The molecule has 1 atom stereocenters. The first-order chi connectivity index (χ1) is 7.10. The summed E-state index contributed by atoms with van der Waals surface area (Å²) >= 11 is 5.49. The molecule has 4 nitrogen and oxygen atoms in total. The first kappa shape index (κ1) is 13.2. The van der Waals surface area contributed by atoms with Gasteiger partial charge in [0.2, 0.25) is 10.0 Å². The SMILES string of the molecule is COCC1CCN(S(=O)(=O)CCCCl)C1. The number of methoxy groups -OCH3 is 1. The van der Waals surface area contributed by atoms with Gasteiger partial charge in [-0.1, -0.05) is 0 Å². The fourth-order valence-electron chi connectivity index (χ4n) is 1.79. The van der Waals surface area contributed by atoms with Crippen LogP contribution in [0, 0.1) is 5.92 Å². The molecule has 1 heterocycles. The Kier molecular flexibility index (Phi) is 5.32. The molecule has 6 heteroatoms. The third kappa shape index (κ3) is 3.90. The van der Waals surface area contributed by atoms with E-state index in [9.17, 15) is 8.42 Å². The van der Waals surface area contributed by atoms with Crippen molar-refractivity contribution >= 4 is 21.6 Å². The van der Waals surface area contributed by atoms with Crippen molar-refractivity contribution in [1.82, 2.24) is 4.31 Å². The number of ether oxygens (including phenoxy) is 1. The minimum Gasteiger partial charge on any atom is -0.384 e. The standard InChI is InChI=1S/C9H18ClNO3S/c1-14-8-9-3-5-11(7-9)15(12,13)6-2-4-10/h9H,2-8H2,1H3. The van der Waals surface area contributed by atoms with E-state index < -0.39 is 10.0 Å². The van der Waals surface area contributed by atoms with Gasteiger partial charge in [-0.3, -0.25) is 0 Å². The molecule has 0 bridgehead atoms. The molecule has 1 aliphatic heterocycles. The average molecular weight is 256 g/mol. The molecule has 1 rings (SSSR count). The molecule has 0 saturated carbocycles. The number of halogens is 1. The Morgan fingerprint density at radius 2 is 2.27 bits per heavy atom. The normalized spacial score (nSPS) is 23.5. The van der Waals surface area contributed by atoms with E-state index in [1.165, 1.54) is 0 Å². The van der Waals surface area contributed by atoms with E-state index in [-0.39, 0.29) is 5.75 Å². The van der Waals surface area contributed by atoms with Crippen molar-refractivity contribution in [2.24, 2.45) is 5.92 Å². The molecule has 15 heavy (non-hydrogen) atoms. The molecule has 0 radical (unpaired) electrons. The first-order valence-corrected chi connectivity index (χ1v) is 7.27. The third-order valence-corrected chi connectivity index (χ3v) is 4.77. The highest BCUT2D eigenvalue weighted by molar-refractivity contribution is 7.89. The molecular formula is C9H18ClNO3S. The van der Waals surface area contributed by atoms with Crippen LogP contribution < -0.4 is 0 Å². The highest BCUT2D eigenvalue weighted by atomic mass is 35.5. The summed E-state index contributed by atoms with van der Waals surface area (Å²) in [6.45, 7) is 1.86. The summed E-state index contributed by atoms with van der Waals surface area (Å²) in [5.41, 5.74) is 0. The Balaban J connectivity index is 2.45. The highest BCUT2D eigenvalue weighted by Crippen LogP contribution is 2.20. The van der Waals surface area contributed by atoms with E-state index in [2.05, 4.69) is 0 Å². The largest absolute Gasteiger partial charge is 0.384 e. The maximum atomic E-state index is 11.8. The summed E-state index contributed by atoms with van der Waals surface area (Å²) in [5, 5.41) is 0. The van der Waals surface area contributed by atoms with Crippen molar-refractivity contribution in [3.63, 3.8) is 0 Å². The van der Waals surface area contributed by atoms with Gasteiger partial charge in [0.15, 0.2) is 0 Å². The molecule has 0 aromatic rings. The van der Waals surface area contributed by atoms with Crippen molar-refractivity contribution in [1.29, 1.82) is 0 Å². The van der Waals surface area contributed by atoms with Gasteiger partial charge in [-0.05, 0) is 18.8 Å². The zero-order valence-corrected chi connectivity index (χ0v) is 10.6. The molecule has 0 amide bonds. The number of hydrogen-bond donors (Lipinski definition) is 0. The van der Waals surface area contributed by atoms with Crippen LogP contribution in [0.5, 0.6) is 0 Å². The van der Waals surface area contributed by atoms with Gasteiger partial charge < -0.3 is 4.74 Å². The Labute approximate surface area is 96.6 Å². The molecule has 1 saturated heterocycles. The molecule has 0 aromatic carbocycles. The highest BCUT2D eigenvalue weighted by Gasteiger charge is 2.30. The number of nitrogens with zero attached hydrogens (tertiary/aromatic N) is 1. The van der Waals surface area contributed by atoms with Gasteiger partial charge in [0.05, 0.1) is 12.4 Å². The van der Waals surface area contributed by atoms with Gasteiger partial charge in [0.25, 0.3) is 0 Å². The van der Waals surface area contributed by atoms with Gasteiger partial charge in [-0.25, -0.2) is 12.7 Å². The van der Waals surface area contributed by atoms with Crippen LogP contribution in [-0.4, -0.2) is 51.2 Å². The van der Waals surface area contributed by atoms with Crippen LogP contribution in [-0.2, 0) is 14.8 Å². The summed E-state index contributed by atoms with van der Waals surface area (Å²) in [4.78, 5) is 0. The van der Waals surface area contributed by atoms with Gasteiger partial charge >= 0.3 is 0 Å². The van der Waals surface area contributed by atoms with Gasteiger partial charge in [0.1, 0.15) is 0 Å². The van der Waals surface area contributed by atoms with E-state index in [4.69, 9.17) is 16.3 Å².